The van der Waals surface area contributed by atoms with Gasteiger partial charge in [0.05, 0.1) is 0 Å². The molecule has 1 amide bonds. The van der Waals surface area contributed by atoms with Gasteiger partial charge in [0.25, 0.3) is 5.91 Å². The van der Waals surface area contributed by atoms with Gasteiger partial charge >= 0.3 is 0 Å². The lowest BCUT2D eigenvalue weighted by molar-refractivity contribution is 0.0769. The van der Waals surface area contributed by atoms with E-state index in [4.69, 9.17) is 11.6 Å². The minimum atomic E-state index is 0.0388. The first-order valence-electron chi connectivity index (χ1n) is 5.47. The summed E-state index contributed by atoms with van der Waals surface area (Å²) in [6, 6.07) is 5.29. The van der Waals surface area contributed by atoms with Crippen LogP contribution in [-0.4, -0.2) is 23.9 Å². The van der Waals surface area contributed by atoms with Crippen LogP contribution in [-0.2, 0) is 0 Å². The molecule has 0 unspecified atom stereocenters. The van der Waals surface area contributed by atoms with Crippen LogP contribution in [0.2, 0.25) is 5.02 Å². The highest BCUT2D eigenvalue weighted by molar-refractivity contribution is 9.10. The van der Waals surface area contributed by atoms with Crippen molar-refractivity contribution in [3.63, 3.8) is 0 Å². The molecule has 4 heteroatoms. The van der Waals surface area contributed by atoms with E-state index in [1.807, 2.05) is 4.90 Å². The maximum absolute atomic E-state index is 12.2. The molecule has 1 aromatic rings. The van der Waals surface area contributed by atoms with E-state index in [0.29, 0.717) is 17.1 Å². The van der Waals surface area contributed by atoms with Gasteiger partial charge in [-0.25, -0.2) is 0 Å². The molecule has 0 bridgehead atoms. The Balaban J connectivity index is 2.20. The SMILES string of the molecule is CC1=CCN(C(=O)c2cc(Cl)cc(Br)c2)CC1. The van der Waals surface area contributed by atoms with Gasteiger partial charge in [-0.3, -0.25) is 4.79 Å². The van der Waals surface area contributed by atoms with E-state index in [2.05, 4.69) is 28.9 Å². The predicted molar refractivity (Wildman–Crippen MR) is 73.4 cm³/mol. The molecule has 1 aliphatic heterocycles. The zero-order chi connectivity index (χ0) is 12.4. The van der Waals surface area contributed by atoms with Crippen LogP contribution in [0.1, 0.15) is 23.7 Å². The molecule has 1 heterocycles. The lowest BCUT2D eigenvalue weighted by Gasteiger charge is -2.25. The van der Waals surface area contributed by atoms with Crippen molar-refractivity contribution in [3.8, 4) is 0 Å². The van der Waals surface area contributed by atoms with E-state index in [9.17, 15) is 4.79 Å². The molecule has 0 atom stereocenters. The summed E-state index contributed by atoms with van der Waals surface area (Å²) in [5, 5.41) is 0.575. The summed E-state index contributed by atoms with van der Waals surface area (Å²) in [4.78, 5) is 14.1. The molecule has 0 aromatic heterocycles. The average molecular weight is 315 g/mol. The first kappa shape index (κ1) is 12.7. The predicted octanol–water partition coefficient (Wildman–Crippen LogP) is 3.89. The number of amides is 1. The Morgan fingerprint density at radius 2 is 2.18 bits per heavy atom. The zero-order valence-electron chi connectivity index (χ0n) is 9.54. The van der Waals surface area contributed by atoms with Crippen molar-refractivity contribution >= 4 is 33.4 Å². The molecule has 17 heavy (non-hydrogen) atoms. The van der Waals surface area contributed by atoms with Crippen molar-refractivity contribution in [2.24, 2.45) is 0 Å². The van der Waals surface area contributed by atoms with Gasteiger partial charge in [0, 0.05) is 28.1 Å². The smallest absolute Gasteiger partial charge is 0.254 e. The molecule has 90 valence electrons. The average Bonchev–Trinajstić information content (AvgIpc) is 2.28. The number of benzene rings is 1. The Hall–Kier alpha value is -0.800. The summed E-state index contributed by atoms with van der Waals surface area (Å²) in [5.41, 5.74) is 1.98. The summed E-state index contributed by atoms with van der Waals surface area (Å²) >= 11 is 9.29. The fourth-order valence-corrected chi connectivity index (χ4v) is 2.68. The van der Waals surface area contributed by atoms with Crippen LogP contribution in [0.3, 0.4) is 0 Å². The van der Waals surface area contributed by atoms with Gasteiger partial charge < -0.3 is 4.90 Å². The van der Waals surface area contributed by atoms with Gasteiger partial charge in [-0.2, -0.15) is 0 Å². The molecule has 0 saturated heterocycles. The van der Waals surface area contributed by atoms with Crippen molar-refractivity contribution in [3.05, 3.63) is 44.9 Å². The molecule has 0 spiro atoms. The fourth-order valence-electron chi connectivity index (χ4n) is 1.82. The van der Waals surface area contributed by atoms with Crippen LogP contribution >= 0.6 is 27.5 Å². The second kappa shape index (κ2) is 5.23. The highest BCUT2D eigenvalue weighted by Crippen LogP contribution is 2.21. The summed E-state index contributed by atoms with van der Waals surface area (Å²) in [7, 11) is 0. The summed E-state index contributed by atoms with van der Waals surface area (Å²) in [6.45, 7) is 3.57. The van der Waals surface area contributed by atoms with Gasteiger partial charge in [-0.15, -0.1) is 0 Å². The number of rotatable bonds is 1. The maximum atomic E-state index is 12.2. The van der Waals surface area contributed by atoms with Crippen LogP contribution in [0, 0.1) is 0 Å². The molecule has 2 nitrogen and oxygen atoms in total. The number of hydrogen-bond donors (Lipinski definition) is 0. The van der Waals surface area contributed by atoms with E-state index in [-0.39, 0.29) is 5.91 Å². The second-order valence-electron chi connectivity index (χ2n) is 4.21. The normalized spacial score (nSPS) is 15.7. The van der Waals surface area contributed by atoms with Gasteiger partial charge in [0.2, 0.25) is 0 Å². The molecule has 0 saturated carbocycles. The third kappa shape index (κ3) is 3.11. The first-order chi connectivity index (χ1) is 8.06. The first-order valence-corrected chi connectivity index (χ1v) is 6.64. The van der Waals surface area contributed by atoms with Gasteiger partial charge in [-0.1, -0.05) is 39.2 Å². The van der Waals surface area contributed by atoms with Crippen LogP contribution < -0.4 is 0 Å². The molecular formula is C13H13BrClNO. The number of carbonyl (C=O) groups excluding carboxylic acids is 1. The molecule has 0 radical (unpaired) electrons. The quantitative estimate of drug-likeness (QED) is 0.720. The summed E-state index contributed by atoms with van der Waals surface area (Å²) < 4.78 is 0.831. The topological polar surface area (TPSA) is 20.3 Å². The Labute approximate surface area is 114 Å². The number of halogens is 2. The Morgan fingerprint density at radius 1 is 1.41 bits per heavy atom. The Bertz CT molecular complexity index is 464. The minimum Gasteiger partial charge on any atom is -0.335 e. The third-order valence-corrected chi connectivity index (χ3v) is 3.51. The van der Waals surface area contributed by atoms with E-state index < -0.39 is 0 Å². The highest BCUT2D eigenvalue weighted by Gasteiger charge is 2.18. The van der Waals surface area contributed by atoms with Crippen LogP contribution in [0.15, 0.2) is 34.3 Å². The van der Waals surface area contributed by atoms with Gasteiger partial charge in [0.1, 0.15) is 0 Å². The monoisotopic (exact) mass is 313 g/mol. The van der Waals surface area contributed by atoms with E-state index in [0.717, 1.165) is 17.4 Å². The molecule has 2 rings (SSSR count). The van der Waals surface area contributed by atoms with Gasteiger partial charge in [-0.05, 0) is 31.5 Å². The third-order valence-electron chi connectivity index (χ3n) is 2.83. The Morgan fingerprint density at radius 3 is 2.76 bits per heavy atom. The summed E-state index contributed by atoms with van der Waals surface area (Å²) in [5.74, 6) is 0.0388. The van der Waals surface area contributed by atoms with E-state index in [1.165, 1.54) is 5.57 Å². The minimum absolute atomic E-state index is 0.0388. The lowest BCUT2D eigenvalue weighted by Crippen LogP contribution is -2.34. The van der Waals surface area contributed by atoms with Gasteiger partial charge in [0.15, 0.2) is 0 Å². The zero-order valence-corrected chi connectivity index (χ0v) is 11.9. The van der Waals surface area contributed by atoms with Crippen molar-refractivity contribution in [2.75, 3.05) is 13.1 Å². The maximum Gasteiger partial charge on any atom is 0.254 e. The van der Waals surface area contributed by atoms with E-state index in [1.54, 1.807) is 18.2 Å². The number of hydrogen-bond acceptors (Lipinski definition) is 1. The number of nitrogens with zero attached hydrogens (tertiary/aromatic N) is 1. The molecule has 0 fully saturated rings. The Kier molecular flexibility index (Phi) is 3.89. The fraction of sp³-hybridized carbons (Fsp3) is 0.308. The lowest BCUT2D eigenvalue weighted by atomic mass is 10.1. The van der Waals surface area contributed by atoms with Crippen molar-refractivity contribution in [2.45, 2.75) is 13.3 Å². The molecule has 1 aromatic carbocycles. The molecule has 1 aliphatic rings. The van der Waals surface area contributed by atoms with Crippen molar-refractivity contribution in [1.29, 1.82) is 0 Å². The molecular weight excluding hydrogens is 302 g/mol. The highest BCUT2D eigenvalue weighted by atomic mass is 79.9. The van der Waals surface area contributed by atoms with Crippen LogP contribution in [0.5, 0.6) is 0 Å². The van der Waals surface area contributed by atoms with Crippen molar-refractivity contribution in [1.82, 2.24) is 4.90 Å². The largest absolute Gasteiger partial charge is 0.335 e. The van der Waals surface area contributed by atoms with Crippen molar-refractivity contribution < 1.29 is 4.79 Å². The second-order valence-corrected chi connectivity index (χ2v) is 5.56. The molecule has 0 aliphatic carbocycles. The van der Waals surface area contributed by atoms with Crippen LogP contribution in [0.4, 0.5) is 0 Å². The van der Waals surface area contributed by atoms with Crippen LogP contribution in [0.25, 0.3) is 0 Å². The molecule has 0 N–H and O–H groups in total. The number of carbonyl (C=O) groups is 1. The standard InChI is InChI=1S/C13H13BrClNO/c1-9-2-4-16(5-3-9)13(17)10-6-11(14)8-12(15)7-10/h2,6-8H,3-5H2,1H3. The van der Waals surface area contributed by atoms with E-state index >= 15 is 0 Å². The summed E-state index contributed by atoms with van der Waals surface area (Å²) in [6.07, 6.45) is 3.05.